The van der Waals surface area contributed by atoms with Crippen molar-refractivity contribution >= 4 is 0 Å². The molecule has 0 aromatic carbocycles. The summed E-state index contributed by atoms with van der Waals surface area (Å²) in [7, 11) is 0. The predicted octanol–water partition coefficient (Wildman–Crippen LogP) is 3.48. The van der Waals surface area contributed by atoms with Crippen LogP contribution < -0.4 is 5.32 Å². The molecule has 1 rings (SSSR count). The SMILES string of the molecule is C=C(C)C(F)(F)COCc1ccc(C(C)NCC)cn1. The van der Waals surface area contributed by atoms with E-state index in [0.29, 0.717) is 5.69 Å². The summed E-state index contributed by atoms with van der Waals surface area (Å²) in [5, 5.41) is 3.28. The van der Waals surface area contributed by atoms with Gasteiger partial charge in [0.1, 0.15) is 6.61 Å². The summed E-state index contributed by atoms with van der Waals surface area (Å²) in [6, 6.07) is 3.94. The molecule has 1 N–H and O–H groups in total. The third kappa shape index (κ3) is 4.98. The Bertz CT molecular complexity index is 432. The van der Waals surface area contributed by atoms with Crippen molar-refractivity contribution in [3.8, 4) is 0 Å². The molecule has 3 nitrogen and oxygen atoms in total. The maximum Gasteiger partial charge on any atom is 0.291 e. The van der Waals surface area contributed by atoms with Gasteiger partial charge in [0, 0.05) is 12.2 Å². The van der Waals surface area contributed by atoms with Crippen LogP contribution in [-0.2, 0) is 11.3 Å². The number of hydrogen-bond donors (Lipinski definition) is 1. The van der Waals surface area contributed by atoms with Crippen molar-refractivity contribution in [2.45, 2.75) is 39.3 Å². The number of halogens is 2. The molecule has 0 spiro atoms. The van der Waals surface area contributed by atoms with Crippen LogP contribution in [0.15, 0.2) is 30.5 Å². The Kier molecular flexibility index (Phi) is 6.23. The van der Waals surface area contributed by atoms with E-state index in [2.05, 4.69) is 16.9 Å². The number of rotatable bonds is 8. The summed E-state index contributed by atoms with van der Waals surface area (Å²) in [5.41, 5.74) is 1.50. The van der Waals surface area contributed by atoms with Gasteiger partial charge in [-0.3, -0.25) is 4.98 Å². The molecular weight excluding hydrogens is 262 g/mol. The van der Waals surface area contributed by atoms with Gasteiger partial charge in [-0.15, -0.1) is 0 Å². The van der Waals surface area contributed by atoms with Gasteiger partial charge in [-0.05, 0) is 37.6 Å². The second-order valence-corrected chi connectivity index (χ2v) is 4.84. The van der Waals surface area contributed by atoms with Crippen LogP contribution in [0, 0.1) is 0 Å². The van der Waals surface area contributed by atoms with Crippen molar-refractivity contribution < 1.29 is 13.5 Å². The molecule has 20 heavy (non-hydrogen) atoms. The van der Waals surface area contributed by atoms with Gasteiger partial charge in [0.15, 0.2) is 0 Å². The van der Waals surface area contributed by atoms with E-state index in [1.807, 2.05) is 19.9 Å². The summed E-state index contributed by atoms with van der Waals surface area (Å²) in [6.07, 6.45) is 1.74. The molecule has 1 aromatic heterocycles. The van der Waals surface area contributed by atoms with E-state index in [0.717, 1.165) is 12.1 Å². The Labute approximate surface area is 119 Å². The highest BCUT2D eigenvalue weighted by atomic mass is 19.3. The fourth-order valence-electron chi connectivity index (χ4n) is 1.61. The van der Waals surface area contributed by atoms with Gasteiger partial charge in [-0.1, -0.05) is 19.6 Å². The van der Waals surface area contributed by atoms with Crippen LogP contribution in [0.4, 0.5) is 8.78 Å². The maximum atomic E-state index is 13.3. The summed E-state index contributed by atoms with van der Waals surface area (Å²) in [6.45, 7) is 8.90. The quantitative estimate of drug-likeness (QED) is 0.742. The normalized spacial score (nSPS) is 13.2. The number of nitrogens with zero attached hydrogens (tertiary/aromatic N) is 1. The first-order chi connectivity index (χ1) is 9.36. The molecule has 1 aromatic rings. The number of aromatic nitrogens is 1. The van der Waals surface area contributed by atoms with Crippen molar-refractivity contribution in [3.05, 3.63) is 41.7 Å². The first-order valence-electron chi connectivity index (χ1n) is 6.66. The Morgan fingerprint density at radius 2 is 2.20 bits per heavy atom. The average molecular weight is 284 g/mol. The van der Waals surface area contributed by atoms with E-state index >= 15 is 0 Å². The van der Waals surface area contributed by atoms with Crippen LogP contribution >= 0.6 is 0 Å². The number of ether oxygens (including phenoxy) is 1. The standard InChI is InChI=1S/C15H22F2N2O/c1-5-18-12(4)13-6-7-14(19-8-13)9-20-10-15(16,17)11(2)3/h6-8,12,18H,2,5,9-10H2,1,3-4H3. The van der Waals surface area contributed by atoms with Gasteiger partial charge >= 0.3 is 0 Å². The predicted molar refractivity (Wildman–Crippen MR) is 75.7 cm³/mol. The lowest BCUT2D eigenvalue weighted by atomic mass is 10.1. The number of hydrogen-bond acceptors (Lipinski definition) is 3. The van der Waals surface area contributed by atoms with Crippen molar-refractivity contribution in [1.29, 1.82) is 0 Å². The maximum absolute atomic E-state index is 13.3. The lowest BCUT2D eigenvalue weighted by molar-refractivity contribution is -0.0542. The van der Waals surface area contributed by atoms with Crippen molar-refractivity contribution in [2.24, 2.45) is 0 Å². The topological polar surface area (TPSA) is 34.1 Å². The summed E-state index contributed by atoms with van der Waals surface area (Å²) in [4.78, 5) is 4.21. The minimum atomic E-state index is -2.99. The van der Waals surface area contributed by atoms with E-state index in [-0.39, 0.29) is 18.2 Å². The van der Waals surface area contributed by atoms with Crippen LogP contribution in [0.25, 0.3) is 0 Å². The molecule has 0 aliphatic heterocycles. The van der Waals surface area contributed by atoms with E-state index < -0.39 is 12.5 Å². The summed E-state index contributed by atoms with van der Waals surface area (Å²) in [5.74, 6) is -2.99. The number of nitrogens with one attached hydrogen (secondary N) is 1. The molecular formula is C15H22F2N2O. The van der Waals surface area contributed by atoms with Crippen LogP contribution in [0.2, 0.25) is 0 Å². The number of pyridine rings is 1. The third-order valence-electron chi connectivity index (χ3n) is 3.02. The molecule has 1 heterocycles. The lowest BCUT2D eigenvalue weighted by Crippen LogP contribution is -2.24. The Hall–Kier alpha value is -1.33. The Balaban J connectivity index is 2.48. The highest BCUT2D eigenvalue weighted by Crippen LogP contribution is 2.22. The fourth-order valence-corrected chi connectivity index (χ4v) is 1.61. The zero-order valence-electron chi connectivity index (χ0n) is 12.2. The van der Waals surface area contributed by atoms with Gasteiger partial charge in [-0.2, -0.15) is 8.78 Å². The Morgan fingerprint density at radius 1 is 1.50 bits per heavy atom. The van der Waals surface area contributed by atoms with Gasteiger partial charge in [0.2, 0.25) is 0 Å². The van der Waals surface area contributed by atoms with Gasteiger partial charge in [-0.25, -0.2) is 0 Å². The van der Waals surface area contributed by atoms with Gasteiger partial charge < -0.3 is 10.1 Å². The molecule has 0 aliphatic rings. The lowest BCUT2D eigenvalue weighted by Gasteiger charge is -2.16. The van der Waals surface area contributed by atoms with Crippen LogP contribution in [0.5, 0.6) is 0 Å². The smallest absolute Gasteiger partial charge is 0.291 e. The van der Waals surface area contributed by atoms with Gasteiger partial charge in [0.25, 0.3) is 5.92 Å². The molecule has 0 aliphatic carbocycles. The molecule has 1 atom stereocenters. The van der Waals surface area contributed by atoms with E-state index in [4.69, 9.17) is 4.74 Å². The highest BCUT2D eigenvalue weighted by Gasteiger charge is 2.30. The molecule has 0 saturated carbocycles. The van der Waals surface area contributed by atoms with Crippen molar-refractivity contribution in [1.82, 2.24) is 10.3 Å². The first kappa shape index (κ1) is 16.7. The zero-order chi connectivity index (χ0) is 15.2. The fraction of sp³-hybridized carbons (Fsp3) is 0.533. The molecule has 5 heteroatoms. The molecule has 0 amide bonds. The van der Waals surface area contributed by atoms with Crippen LogP contribution in [0.1, 0.15) is 38.1 Å². The second-order valence-electron chi connectivity index (χ2n) is 4.84. The van der Waals surface area contributed by atoms with E-state index in [1.165, 1.54) is 6.92 Å². The largest absolute Gasteiger partial charge is 0.369 e. The summed E-state index contributed by atoms with van der Waals surface area (Å²) < 4.78 is 31.5. The summed E-state index contributed by atoms with van der Waals surface area (Å²) >= 11 is 0. The second kappa shape index (κ2) is 7.45. The van der Waals surface area contributed by atoms with Crippen LogP contribution in [-0.4, -0.2) is 24.1 Å². The molecule has 0 saturated heterocycles. The average Bonchev–Trinajstić information content (AvgIpc) is 2.39. The first-order valence-corrected chi connectivity index (χ1v) is 6.66. The minimum Gasteiger partial charge on any atom is -0.369 e. The molecule has 112 valence electrons. The van der Waals surface area contributed by atoms with Gasteiger partial charge in [0.05, 0.1) is 12.3 Å². The monoisotopic (exact) mass is 284 g/mol. The Morgan fingerprint density at radius 3 is 2.70 bits per heavy atom. The van der Waals surface area contributed by atoms with E-state index in [1.54, 1.807) is 12.3 Å². The molecule has 0 radical (unpaired) electrons. The van der Waals surface area contributed by atoms with Crippen molar-refractivity contribution in [3.63, 3.8) is 0 Å². The molecule has 0 fully saturated rings. The molecule has 0 bridgehead atoms. The zero-order valence-corrected chi connectivity index (χ0v) is 12.2. The molecule has 1 unspecified atom stereocenters. The number of alkyl halides is 2. The third-order valence-corrected chi connectivity index (χ3v) is 3.02. The van der Waals surface area contributed by atoms with Crippen molar-refractivity contribution in [2.75, 3.05) is 13.2 Å². The van der Waals surface area contributed by atoms with E-state index in [9.17, 15) is 8.78 Å². The van der Waals surface area contributed by atoms with Crippen LogP contribution in [0.3, 0.4) is 0 Å². The highest BCUT2D eigenvalue weighted by molar-refractivity contribution is 5.17. The minimum absolute atomic E-state index is 0.0682.